The number of hydrogen-bond acceptors (Lipinski definition) is 4. The normalized spacial score (nSPS) is 11.8. The van der Waals surface area contributed by atoms with Crippen molar-refractivity contribution in [3.8, 4) is 0 Å². The minimum Gasteiger partial charge on any atom is -0.394 e. The van der Waals surface area contributed by atoms with Crippen LogP contribution in [0.2, 0.25) is 0 Å². The fraction of sp³-hybridized carbons (Fsp3) is 0.932. The lowest BCUT2D eigenvalue weighted by Crippen LogP contribution is -2.48. The average molecular weight is 722 g/mol. The van der Waals surface area contributed by atoms with E-state index < -0.39 is 18.6 Å². The summed E-state index contributed by atoms with van der Waals surface area (Å²) in [4.78, 5) is 39.4. The summed E-state index contributed by atoms with van der Waals surface area (Å²) in [6.07, 6.45) is 42.7. The van der Waals surface area contributed by atoms with Gasteiger partial charge in [-0.3, -0.25) is 14.4 Å². The molecule has 0 bridgehead atoms. The number of hydrogen-bond donors (Lipinski definition) is 3. The monoisotopic (exact) mass is 722 g/mol. The molecule has 0 aliphatic heterocycles. The highest BCUT2D eigenvalue weighted by Crippen LogP contribution is 2.16. The van der Waals surface area contributed by atoms with Gasteiger partial charge in [0.15, 0.2) is 0 Å². The van der Waals surface area contributed by atoms with Gasteiger partial charge >= 0.3 is 0 Å². The minimum atomic E-state index is -0.982. The second-order valence-electron chi connectivity index (χ2n) is 15.4. The number of carbonyl (C=O) groups excluding carboxylic acids is 3. The van der Waals surface area contributed by atoms with Crippen molar-refractivity contribution < 1.29 is 19.5 Å². The van der Waals surface area contributed by atoms with E-state index >= 15 is 0 Å². The first-order valence-electron chi connectivity index (χ1n) is 22.4. The number of unbranched alkanes of at least 4 members (excludes halogenated alkanes) is 30. The Morgan fingerprint density at radius 2 is 0.765 bits per heavy atom. The molecule has 0 saturated carbocycles. The molecule has 51 heavy (non-hydrogen) atoms. The van der Waals surface area contributed by atoms with Crippen LogP contribution in [-0.4, -0.2) is 60.5 Å². The van der Waals surface area contributed by atoms with Gasteiger partial charge in [0, 0.05) is 33.0 Å². The van der Waals surface area contributed by atoms with Crippen molar-refractivity contribution in [3.05, 3.63) is 0 Å². The Bertz CT molecular complexity index is 741. The Hall–Kier alpha value is -1.63. The van der Waals surface area contributed by atoms with Crippen LogP contribution in [0.4, 0.5) is 0 Å². The van der Waals surface area contributed by atoms with Crippen LogP contribution in [0.15, 0.2) is 0 Å². The molecule has 0 radical (unpaired) electrons. The highest BCUT2D eigenvalue weighted by Gasteiger charge is 2.20. The second kappa shape index (κ2) is 39.6. The number of aliphatic hydroxyl groups excluding tert-OH is 1. The van der Waals surface area contributed by atoms with Crippen molar-refractivity contribution in [1.29, 1.82) is 0 Å². The maximum Gasteiger partial charge on any atom is 0.244 e. The number of rotatable bonds is 40. The number of carbonyl (C=O) groups is 3. The summed E-state index contributed by atoms with van der Waals surface area (Å²) < 4.78 is 0. The Balaban J connectivity index is 4.23. The van der Waals surface area contributed by atoms with Gasteiger partial charge in [-0.1, -0.05) is 206 Å². The second-order valence-corrected chi connectivity index (χ2v) is 15.4. The highest BCUT2D eigenvalue weighted by atomic mass is 16.3. The molecule has 3 amide bonds. The van der Waals surface area contributed by atoms with Gasteiger partial charge in [-0.25, -0.2) is 0 Å². The topological polar surface area (TPSA) is 98.7 Å². The molecule has 0 aromatic carbocycles. The van der Waals surface area contributed by atoms with Crippen LogP contribution in [0, 0.1) is 0 Å². The van der Waals surface area contributed by atoms with E-state index in [0.717, 1.165) is 38.8 Å². The Morgan fingerprint density at radius 1 is 0.471 bits per heavy atom. The lowest BCUT2D eigenvalue weighted by atomic mass is 10.0. The molecule has 0 saturated heterocycles. The van der Waals surface area contributed by atoms with Gasteiger partial charge < -0.3 is 20.6 Å². The van der Waals surface area contributed by atoms with Crippen molar-refractivity contribution in [1.82, 2.24) is 15.5 Å². The van der Waals surface area contributed by atoms with Crippen LogP contribution in [0.3, 0.4) is 0 Å². The van der Waals surface area contributed by atoms with E-state index in [-0.39, 0.29) is 24.7 Å². The van der Waals surface area contributed by atoms with Crippen LogP contribution in [0.5, 0.6) is 0 Å². The molecule has 1 atom stereocenters. The molecule has 0 aromatic rings. The summed E-state index contributed by atoms with van der Waals surface area (Å²) in [5.41, 5.74) is 0. The summed E-state index contributed by atoms with van der Waals surface area (Å²) in [5.74, 6) is -0.797. The Kier molecular flexibility index (Phi) is 38.3. The maximum atomic E-state index is 13.2. The fourth-order valence-corrected chi connectivity index (χ4v) is 7.08. The third kappa shape index (κ3) is 33.9. The average Bonchev–Trinajstić information content (AvgIpc) is 3.14. The molecule has 0 rings (SSSR count). The molecular formula is C44H87N3O4. The van der Waals surface area contributed by atoms with Gasteiger partial charge in [0.2, 0.25) is 17.7 Å². The summed E-state index contributed by atoms with van der Waals surface area (Å²) in [6.45, 7) is 5.61. The molecule has 0 spiro atoms. The van der Waals surface area contributed by atoms with Gasteiger partial charge in [-0.05, 0) is 12.8 Å². The number of amides is 3. The van der Waals surface area contributed by atoms with Crippen LogP contribution in [0.25, 0.3) is 0 Å². The molecule has 7 heteroatoms. The lowest BCUT2D eigenvalue weighted by molar-refractivity contribution is -0.134. The van der Waals surface area contributed by atoms with Crippen molar-refractivity contribution in [2.75, 3.05) is 26.7 Å². The summed E-state index contributed by atoms with van der Waals surface area (Å²) in [6, 6.07) is -0.982. The molecule has 0 aromatic heterocycles. The molecule has 3 N–H and O–H groups in total. The SMILES string of the molecule is CCCCCCCCCCCCCCCCCCN(CCCCCCCCCCCCCCCCCC)C(=O)CCC(=O)NC(CO)C(=O)NC. The maximum absolute atomic E-state index is 13.2. The highest BCUT2D eigenvalue weighted by molar-refractivity contribution is 5.89. The summed E-state index contributed by atoms with van der Waals surface area (Å²) in [5, 5.41) is 14.4. The zero-order valence-corrected chi connectivity index (χ0v) is 34.4. The predicted octanol–water partition coefficient (Wildman–Crippen LogP) is 11.3. The van der Waals surface area contributed by atoms with E-state index in [4.69, 9.17) is 0 Å². The first kappa shape index (κ1) is 49.4. The minimum absolute atomic E-state index is 0.0209. The standard InChI is InChI=1S/C44H87N3O4/c1-4-6-8-10-12-14-16-18-20-22-24-26-28-30-32-34-38-47(43(50)37-36-42(49)46-41(40-48)44(51)45-3)39-35-33-31-29-27-25-23-21-19-17-15-13-11-9-7-5-2/h41,48H,4-40H2,1-3H3,(H,45,51)(H,46,49). The molecule has 0 heterocycles. The van der Waals surface area contributed by atoms with Crippen LogP contribution >= 0.6 is 0 Å². The van der Waals surface area contributed by atoms with Gasteiger partial charge in [0.1, 0.15) is 6.04 Å². The summed E-state index contributed by atoms with van der Waals surface area (Å²) >= 11 is 0. The van der Waals surface area contributed by atoms with E-state index in [9.17, 15) is 19.5 Å². The van der Waals surface area contributed by atoms with Crippen molar-refractivity contribution in [2.24, 2.45) is 0 Å². The van der Waals surface area contributed by atoms with E-state index in [0.29, 0.717) is 0 Å². The molecule has 0 fully saturated rings. The number of nitrogens with one attached hydrogen (secondary N) is 2. The fourth-order valence-electron chi connectivity index (χ4n) is 7.08. The van der Waals surface area contributed by atoms with Gasteiger partial charge in [-0.15, -0.1) is 0 Å². The first-order chi connectivity index (χ1) is 25.0. The molecular weight excluding hydrogens is 635 g/mol. The van der Waals surface area contributed by atoms with E-state index in [1.807, 2.05) is 4.90 Å². The molecule has 0 aliphatic carbocycles. The number of nitrogens with zero attached hydrogens (tertiary/aromatic N) is 1. The zero-order valence-electron chi connectivity index (χ0n) is 34.4. The van der Waals surface area contributed by atoms with Crippen molar-refractivity contribution >= 4 is 17.7 Å². The predicted molar refractivity (Wildman–Crippen MR) is 218 cm³/mol. The number of aliphatic hydroxyl groups is 1. The number of likely N-dealkylation sites (N-methyl/N-ethyl adjacent to an activating group) is 1. The third-order valence-electron chi connectivity index (χ3n) is 10.6. The first-order valence-corrected chi connectivity index (χ1v) is 22.4. The van der Waals surface area contributed by atoms with Gasteiger partial charge in [-0.2, -0.15) is 0 Å². The molecule has 302 valence electrons. The van der Waals surface area contributed by atoms with E-state index in [1.54, 1.807) is 0 Å². The Morgan fingerprint density at radius 3 is 1.04 bits per heavy atom. The van der Waals surface area contributed by atoms with Crippen LogP contribution < -0.4 is 10.6 Å². The quantitative estimate of drug-likeness (QED) is 0.0549. The molecule has 0 aliphatic rings. The van der Waals surface area contributed by atoms with E-state index in [1.165, 1.54) is 187 Å². The van der Waals surface area contributed by atoms with Gasteiger partial charge in [0.25, 0.3) is 0 Å². The van der Waals surface area contributed by atoms with Crippen LogP contribution in [-0.2, 0) is 14.4 Å². The van der Waals surface area contributed by atoms with Crippen LogP contribution in [0.1, 0.15) is 232 Å². The lowest BCUT2D eigenvalue weighted by Gasteiger charge is -2.23. The molecule has 7 nitrogen and oxygen atoms in total. The van der Waals surface area contributed by atoms with Crippen molar-refractivity contribution in [2.45, 2.75) is 238 Å². The Labute approximate surface area is 317 Å². The van der Waals surface area contributed by atoms with E-state index in [2.05, 4.69) is 24.5 Å². The smallest absolute Gasteiger partial charge is 0.244 e. The summed E-state index contributed by atoms with van der Waals surface area (Å²) in [7, 11) is 1.47. The third-order valence-corrected chi connectivity index (χ3v) is 10.6. The molecule has 1 unspecified atom stereocenters. The van der Waals surface area contributed by atoms with Crippen molar-refractivity contribution in [3.63, 3.8) is 0 Å². The largest absolute Gasteiger partial charge is 0.394 e. The van der Waals surface area contributed by atoms with Gasteiger partial charge in [0.05, 0.1) is 6.61 Å². The zero-order chi connectivity index (χ0) is 37.5.